The monoisotopic (exact) mass is 295 g/mol. The smallest absolute Gasteiger partial charge is 0.260 e. The molecule has 20 heavy (non-hydrogen) atoms. The first kappa shape index (κ1) is 14.6. The van der Waals surface area contributed by atoms with Gasteiger partial charge in [0.2, 0.25) is 0 Å². The van der Waals surface area contributed by atoms with Crippen LogP contribution in [0.15, 0.2) is 41.8 Å². The van der Waals surface area contributed by atoms with E-state index in [-0.39, 0.29) is 11.6 Å². The van der Waals surface area contributed by atoms with E-state index < -0.39 is 10.0 Å². The van der Waals surface area contributed by atoms with Crippen LogP contribution in [-0.2, 0) is 16.6 Å². The van der Waals surface area contributed by atoms with Crippen molar-refractivity contribution in [2.24, 2.45) is 5.73 Å². The first-order valence-corrected chi connectivity index (χ1v) is 7.67. The number of rotatable bonds is 7. The number of nitrogens with one attached hydrogen (secondary N) is 1. The number of hydrogen-bond donors (Lipinski definition) is 2. The van der Waals surface area contributed by atoms with Crippen LogP contribution in [0.2, 0.25) is 0 Å². The zero-order chi connectivity index (χ0) is 14.4. The molecule has 108 valence electrons. The molecule has 0 fully saturated rings. The van der Waals surface area contributed by atoms with Gasteiger partial charge in [0.25, 0.3) is 10.0 Å². The Morgan fingerprint density at radius 3 is 2.75 bits per heavy atom. The average molecular weight is 295 g/mol. The lowest BCUT2D eigenvalue weighted by atomic mass is 10.3. The minimum absolute atomic E-state index is 0.0819. The molecule has 0 aliphatic carbocycles. The summed E-state index contributed by atoms with van der Waals surface area (Å²) in [5.41, 5.74) is 6.30. The number of aromatic nitrogens is 3. The lowest BCUT2D eigenvalue weighted by Gasteiger charge is -2.20. The van der Waals surface area contributed by atoms with Gasteiger partial charge < -0.3 is 5.73 Å². The summed E-state index contributed by atoms with van der Waals surface area (Å²) >= 11 is 0. The maximum absolute atomic E-state index is 12.5. The maximum Gasteiger partial charge on any atom is 0.260 e. The molecule has 0 amide bonds. The predicted octanol–water partition coefficient (Wildman–Crippen LogP) is 0.344. The molecule has 3 N–H and O–H groups in total. The quantitative estimate of drug-likeness (QED) is 0.766. The van der Waals surface area contributed by atoms with Gasteiger partial charge in [-0.3, -0.25) is 10.1 Å². The van der Waals surface area contributed by atoms with Crippen LogP contribution in [0.25, 0.3) is 0 Å². The summed E-state index contributed by atoms with van der Waals surface area (Å²) in [5, 5.41) is 6.27. The standard InChI is InChI=1S/C12H17N5O2S/c13-5-2-8-17(10-11-3-1-6-14-9-11)20(18,19)12-4-7-15-16-12/h1,3-4,6-7,9H,2,5,8,10,13H2,(H,15,16). The van der Waals surface area contributed by atoms with Crippen molar-refractivity contribution in [2.45, 2.75) is 18.0 Å². The van der Waals surface area contributed by atoms with Crippen LogP contribution in [0.3, 0.4) is 0 Å². The lowest BCUT2D eigenvalue weighted by Crippen LogP contribution is -2.33. The van der Waals surface area contributed by atoms with Crippen LogP contribution >= 0.6 is 0 Å². The van der Waals surface area contributed by atoms with E-state index in [0.717, 1.165) is 5.56 Å². The first-order valence-electron chi connectivity index (χ1n) is 6.23. The fraction of sp³-hybridized carbons (Fsp3) is 0.333. The highest BCUT2D eigenvalue weighted by Gasteiger charge is 2.25. The summed E-state index contributed by atoms with van der Waals surface area (Å²) in [5.74, 6) is 0. The predicted molar refractivity (Wildman–Crippen MR) is 74.1 cm³/mol. The van der Waals surface area contributed by atoms with E-state index in [1.807, 2.05) is 6.07 Å². The molecule has 2 heterocycles. The number of pyridine rings is 1. The van der Waals surface area contributed by atoms with Crippen LogP contribution in [0, 0.1) is 0 Å². The Bertz CT molecular complexity index is 613. The fourth-order valence-corrected chi connectivity index (χ4v) is 3.14. The molecule has 8 heteroatoms. The Hall–Kier alpha value is -1.77. The zero-order valence-electron chi connectivity index (χ0n) is 10.9. The van der Waals surface area contributed by atoms with Crippen molar-refractivity contribution in [2.75, 3.05) is 13.1 Å². The molecule has 0 bridgehead atoms. The molecular formula is C12H17N5O2S. The van der Waals surface area contributed by atoms with Crippen molar-refractivity contribution >= 4 is 10.0 Å². The van der Waals surface area contributed by atoms with E-state index in [4.69, 9.17) is 5.73 Å². The third-order valence-electron chi connectivity index (χ3n) is 2.79. The third kappa shape index (κ3) is 3.41. The number of aromatic amines is 1. The Balaban J connectivity index is 2.23. The lowest BCUT2D eigenvalue weighted by molar-refractivity contribution is 0.399. The molecule has 0 atom stereocenters. The van der Waals surface area contributed by atoms with Crippen molar-refractivity contribution in [3.05, 3.63) is 42.4 Å². The van der Waals surface area contributed by atoms with E-state index in [0.29, 0.717) is 19.5 Å². The molecule has 2 aromatic heterocycles. The van der Waals surface area contributed by atoms with Crippen LogP contribution in [-0.4, -0.2) is 41.0 Å². The third-order valence-corrected chi connectivity index (χ3v) is 4.56. The second-order valence-electron chi connectivity index (χ2n) is 4.26. The molecule has 0 aliphatic heterocycles. The van der Waals surface area contributed by atoms with Gasteiger partial charge in [0.1, 0.15) is 0 Å². The van der Waals surface area contributed by atoms with Crippen LogP contribution in [0.4, 0.5) is 0 Å². The highest BCUT2D eigenvalue weighted by atomic mass is 32.2. The van der Waals surface area contributed by atoms with E-state index in [1.165, 1.54) is 16.6 Å². The number of nitrogens with two attached hydrogens (primary N) is 1. The minimum atomic E-state index is -3.60. The molecule has 2 aromatic rings. The summed E-state index contributed by atoms with van der Waals surface area (Å²) in [7, 11) is -3.60. The van der Waals surface area contributed by atoms with Gasteiger partial charge >= 0.3 is 0 Å². The highest BCUT2D eigenvalue weighted by molar-refractivity contribution is 7.89. The molecule has 0 saturated carbocycles. The Kier molecular flexibility index (Phi) is 4.83. The number of H-pyrrole nitrogens is 1. The Labute approximate surface area is 117 Å². The number of sulfonamides is 1. The summed E-state index contributed by atoms with van der Waals surface area (Å²) in [6.45, 7) is 1.05. The minimum Gasteiger partial charge on any atom is -0.330 e. The molecule has 7 nitrogen and oxygen atoms in total. The SMILES string of the molecule is NCCCN(Cc1cccnc1)S(=O)(=O)c1ccn[nH]1. The van der Waals surface area contributed by atoms with Gasteiger partial charge in [-0.1, -0.05) is 6.07 Å². The number of nitrogens with zero attached hydrogens (tertiary/aromatic N) is 3. The van der Waals surface area contributed by atoms with Crippen molar-refractivity contribution in [1.29, 1.82) is 0 Å². The van der Waals surface area contributed by atoms with Crippen LogP contribution < -0.4 is 5.73 Å². The van der Waals surface area contributed by atoms with Crippen molar-refractivity contribution in [3.63, 3.8) is 0 Å². The molecule has 0 saturated heterocycles. The topological polar surface area (TPSA) is 105 Å². The number of hydrogen-bond acceptors (Lipinski definition) is 5. The molecular weight excluding hydrogens is 278 g/mol. The molecule has 0 unspecified atom stereocenters. The van der Waals surface area contributed by atoms with Gasteiger partial charge in [0.15, 0.2) is 5.03 Å². The molecule has 2 rings (SSSR count). The van der Waals surface area contributed by atoms with Gasteiger partial charge in [-0.25, -0.2) is 8.42 Å². The normalized spacial score (nSPS) is 11.9. The second-order valence-corrected chi connectivity index (χ2v) is 6.17. The van der Waals surface area contributed by atoms with Gasteiger partial charge in [-0.2, -0.15) is 9.40 Å². The van der Waals surface area contributed by atoms with Crippen LogP contribution in [0.5, 0.6) is 0 Å². The summed E-state index contributed by atoms with van der Waals surface area (Å²) < 4.78 is 26.4. The molecule has 0 aliphatic rings. The first-order chi connectivity index (χ1) is 9.64. The molecule has 0 spiro atoms. The summed E-state index contributed by atoms with van der Waals surface area (Å²) in [6, 6.07) is 5.05. The van der Waals surface area contributed by atoms with Crippen molar-refractivity contribution in [1.82, 2.24) is 19.5 Å². The Morgan fingerprint density at radius 2 is 2.15 bits per heavy atom. The van der Waals surface area contributed by atoms with E-state index >= 15 is 0 Å². The van der Waals surface area contributed by atoms with Gasteiger partial charge in [0, 0.05) is 25.5 Å². The van der Waals surface area contributed by atoms with Crippen molar-refractivity contribution < 1.29 is 8.42 Å². The van der Waals surface area contributed by atoms with Gasteiger partial charge in [-0.15, -0.1) is 0 Å². The Morgan fingerprint density at radius 1 is 1.30 bits per heavy atom. The van der Waals surface area contributed by atoms with E-state index in [9.17, 15) is 8.42 Å². The fourth-order valence-electron chi connectivity index (χ4n) is 1.77. The van der Waals surface area contributed by atoms with E-state index in [1.54, 1.807) is 18.5 Å². The molecule has 0 radical (unpaired) electrons. The largest absolute Gasteiger partial charge is 0.330 e. The van der Waals surface area contributed by atoms with E-state index in [2.05, 4.69) is 15.2 Å². The molecule has 0 aromatic carbocycles. The second kappa shape index (κ2) is 6.60. The zero-order valence-corrected chi connectivity index (χ0v) is 11.8. The van der Waals surface area contributed by atoms with Gasteiger partial charge in [0.05, 0.1) is 6.20 Å². The summed E-state index contributed by atoms with van der Waals surface area (Å²) in [6.07, 6.45) is 5.31. The summed E-state index contributed by atoms with van der Waals surface area (Å²) in [4.78, 5) is 4.00. The van der Waals surface area contributed by atoms with Crippen LogP contribution in [0.1, 0.15) is 12.0 Å². The highest BCUT2D eigenvalue weighted by Crippen LogP contribution is 2.16. The van der Waals surface area contributed by atoms with Gasteiger partial charge in [-0.05, 0) is 30.7 Å². The maximum atomic E-state index is 12.5. The average Bonchev–Trinajstić information content (AvgIpc) is 2.99. The van der Waals surface area contributed by atoms with Crippen molar-refractivity contribution in [3.8, 4) is 0 Å².